The van der Waals surface area contributed by atoms with E-state index in [1.807, 2.05) is 16.9 Å². The molecule has 1 saturated heterocycles. The van der Waals surface area contributed by atoms with E-state index in [9.17, 15) is 22.4 Å². The van der Waals surface area contributed by atoms with E-state index in [2.05, 4.69) is 5.10 Å². The number of aromatic nitrogens is 2. The van der Waals surface area contributed by atoms with Crippen molar-refractivity contribution in [1.82, 2.24) is 14.7 Å². The number of likely N-dealkylation sites (tertiary alicyclic amines) is 1. The number of halogens is 4. The van der Waals surface area contributed by atoms with Crippen LogP contribution in [0.15, 0.2) is 42.7 Å². The Bertz CT molecular complexity index is 820. The summed E-state index contributed by atoms with van der Waals surface area (Å²) < 4.78 is 55.0. The predicted octanol–water partition coefficient (Wildman–Crippen LogP) is 4.12. The van der Waals surface area contributed by atoms with Crippen LogP contribution in [-0.2, 0) is 0 Å². The molecule has 1 aliphatic carbocycles. The van der Waals surface area contributed by atoms with Gasteiger partial charge in [0.1, 0.15) is 0 Å². The smallest absolute Gasteiger partial charge is 0.317 e. The van der Waals surface area contributed by atoms with E-state index in [1.54, 1.807) is 11.1 Å². The second-order valence-corrected chi connectivity index (χ2v) is 7.24. The number of alkyl halides is 4. The summed E-state index contributed by atoms with van der Waals surface area (Å²) in [7, 11) is 0. The van der Waals surface area contributed by atoms with Gasteiger partial charge in [-0.05, 0) is 36.6 Å². The molecule has 1 saturated carbocycles. The highest BCUT2D eigenvalue weighted by molar-refractivity contribution is 5.94. The molecule has 1 amide bonds. The van der Waals surface area contributed by atoms with Crippen LogP contribution in [0.25, 0.3) is 0 Å². The van der Waals surface area contributed by atoms with Gasteiger partial charge >= 0.3 is 11.8 Å². The summed E-state index contributed by atoms with van der Waals surface area (Å²) in [6, 6.07) is 7.54. The predicted molar refractivity (Wildman–Crippen MR) is 90.1 cm³/mol. The fourth-order valence-corrected chi connectivity index (χ4v) is 3.86. The Morgan fingerprint density at radius 1 is 1.15 bits per heavy atom. The van der Waals surface area contributed by atoms with Crippen LogP contribution in [-0.4, -0.2) is 45.5 Å². The average Bonchev–Trinajstić information content (AvgIpc) is 3.21. The van der Waals surface area contributed by atoms with Gasteiger partial charge in [0.15, 0.2) is 0 Å². The number of carbonyl (C=O) groups is 1. The molecule has 4 rings (SSSR count). The average molecular weight is 381 g/mol. The zero-order chi connectivity index (χ0) is 19.2. The number of amides is 1. The van der Waals surface area contributed by atoms with Crippen molar-refractivity contribution in [2.75, 3.05) is 13.1 Å². The van der Waals surface area contributed by atoms with Crippen molar-refractivity contribution in [2.45, 2.75) is 43.1 Å². The molecule has 2 heterocycles. The fourth-order valence-electron chi connectivity index (χ4n) is 3.86. The highest BCUT2D eigenvalue weighted by atomic mass is 19.3. The molecule has 8 heteroatoms. The summed E-state index contributed by atoms with van der Waals surface area (Å²) in [5, 5.41) is 4.22. The monoisotopic (exact) mass is 381 g/mol. The van der Waals surface area contributed by atoms with E-state index in [0.717, 1.165) is 12.8 Å². The van der Waals surface area contributed by atoms with E-state index in [-0.39, 0.29) is 17.5 Å². The molecular formula is C19H19F4N3O. The summed E-state index contributed by atoms with van der Waals surface area (Å²) in [5.74, 6) is -9.69. The maximum atomic E-state index is 13.6. The number of hydrogen-bond acceptors (Lipinski definition) is 2. The first-order valence-corrected chi connectivity index (χ1v) is 8.93. The second-order valence-electron chi connectivity index (χ2n) is 7.24. The Morgan fingerprint density at radius 3 is 2.48 bits per heavy atom. The Balaban J connectivity index is 1.45. The second kappa shape index (κ2) is 6.35. The highest BCUT2D eigenvalue weighted by Gasteiger charge is 2.71. The summed E-state index contributed by atoms with van der Waals surface area (Å²) in [5.41, 5.74) is 0.504. The lowest BCUT2D eigenvalue weighted by atomic mass is 9.72. The van der Waals surface area contributed by atoms with E-state index in [1.165, 1.54) is 24.3 Å². The third-order valence-corrected chi connectivity index (χ3v) is 5.53. The summed E-state index contributed by atoms with van der Waals surface area (Å²) in [6.07, 6.45) is 4.46. The van der Waals surface area contributed by atoms with E-state index in [0.29, 0.717) is 18.7 Å². The lowest BCUT2D eigenvalue weighted by Gasteiger charge is -2.44. The molecule has 0 N–H and O–H groups in total. The molecule has 2 aliphatic rings. The van der Waals surface area contributed by atoms with Gasteiger partial charge in [-0.2, -0.15) is 22.7 Å². The lowest BCUT2D eigenvalue weighted by Crippen LogP contribution is -2.56. The van der Waals surface area contributed by atoms with Crippen molar-refractivity contribution in [3.8, 4) is 0 Å². The van der Waals surface area contributed by atoms with Crippen LogP contribution < -0.4 is 0 Å². The molecule has 2 atom stereocenters. The highest BCUT2D eigenvalue weighted by Crippen LogP contribution is 2.59. The van der Waals surface area contributed by atoms with E-state index in [4.69, 9.17) is 0 Å². The molecule has 0 spiro atoms. The van der Waals surface area contributed by atoms with Crippen molar-refractivity contribution in [3.63, 3.8) is 0 Å². The molecule has 2 fully saturated rings. The molecule has 1 aliphatic heterocycles. The van der Waals surface area contributed by atoms with Gasteiger partial charge in [0.25, 0.3) is 5.91 Å². The van der Waals surface area contributed by atoms with Gasteiger partial charge in [-0.1, -0.05) is 12.1 Å². The van der Waals surface area contributed by atoms with Crippen molar-refractivity contribution < 1.29 is 22.4 Å². The van der Waals surface area contributed by atoms with Gasteiger partial charge in [-0.3, -0.25) is 9.48 Å². The first-order valence-electron chi connectivity index (χ1n) is 8.93. The van der Waals surface area contributed by atoms with Crippen molar-refractivity contribution >= 4 is 5.91 Å². The summed E-state index contributed by atoms with van der Waals surface area (Å²) in [6.45, 7) is 1.14. The van der Waals surface area contributed by atoms with Gasteiger partial charge in [-0.25, -0.2) is 0 Å². The summed E-state index contributed by atoms with van der Waals surface area (Å²) in [4.78, 5) is 14.5. The molecule has 2 aromatic rings. The van der Waals surface area contributed by atoms with Crippen LogP contribution in [0.1, 0.15) is 47.1 Å². The number of hydrogen-bond donors (Lipinski definition) is 0. The number of carbonyl (C=O) groups excluding carboxylic acids is 1. The third kappa shape index (κ3) is 3.00. The van der Waals surface area contributed by atoms with Crippen molar-refractivity contribution in [2.24, 2.45) is 0 Å². The Hall–Kier alpha value is -2.38. The van der Waals surface area contributed by atoms with Crippen LogP contribution >= 0.6 is 0 Å². The quantitative estimate of drug-likeness (QED) is 0.751. The number of piperidine rings is 1. The van der Waals surface area contributed by atoms with Crippen LogP contribution in [0.3, 0.4) is 0 Å². The maximum Gasteiger partial charge on any atom is 0.317 e. The molecule has 0 bridgehead atoms. The van der Waals surface area contributed by atoms with Gasteiger partial charge < -0.3 is 4.90 Å². The number of benzene rings is 1. The van der Waals surface area contributed by atoms with Crippen molar-refractivity contribution in [1.29, 1.82) is 0 Å². The zero-order valence-corrected chi connectivity index (χ0v) is 14.5. The number of rotatable bonds is 3. The van der Waals surface area contributed by atoms with Crippen LogP contribution in [0.2, 0.25) is 0 Å². The number of nitrogens with zero attached hydrogens (tertiary/aromatic N) is 3. The molecular weight excluding hydrogens is 362 g/mol. The van der Waals surface area contributed by atoms with Gasteiger partial charge in [0, 0.05) is 37.5 Å². The molecule has 27 heavy (non-hydrogen) atoms. The van der Waals surface area contributed by atoms with Crippen molar-refractivity contribution in [3.05, 3.63) is 53.9 Å². The standard InChI is InChI=1S/C19H19F4N3O/c20-18(21)11-16(19(18,22)23)13-4-6-14(7-5-13)17(27)25-9-1-3-15(12-25)26-10-2-8-24-26/h2,4-8,10,15-16H,1,3,9,11-12H2. The third-order valence-electron chi connectivity index (χ3n) is 5.53. The molecule has 4 nitrogen and oxygen atoms in total. The van der Waals surface area contributed by atoms with E-state index >= 15 is 0 Å². The molecule has 2 unspecified atom stereocenters. The lowest BCUT2D eigenvalue weighted by molar-refractivity contribution is -0.290. The minimum absolute atomic E-state index is 0.105. The van der Waals surface area contributed by atoms with Crippen LogP contribution in [0.5, 0.6) is 0 Å². The SMILES string of the molecule is O=C(c1ccc(C2CC(F)(F)C2(F)F)cc1)N1CCCC(n2cccn2)C1. The Morgan fingerprint density at radius 2 is 1.89 bits per heavy atom. The van der Waals surface area contributed by atoms with Gasteiger partial charge in [-0.15, -0.1) is 0 Å². The van der Waals surface area contributed by atoms with E-state index < -0.39 is 24.2 Å². The topological polar surface area (TPSA) is 38.1 Å². The minimum atomic E-state index is -4.04. The first kappa shape index (κ1) is 18.0. The van der Waals surface area contributed by atoms with Gasteiger partial charge in [0.2, 0.25) is 0 Å². The largest absolute Gasteiger partial charge is 0.337 e. The normalized spacial score (nSPS) is 26.4. The maximum absolute atomic E-state index is 13.6. The Kier molecular flexibility index (Phi) is 4.24. The van der Waals surface area contributed by atoms with Gasteiger partial charge in [0.05, 0.1) is 12.0 Å². The fraction of sp³-hybridized carbons (Fsp3) is 0.474. The molecule has 1 aromatic heterocycles. The Labute approximate surface area is 153 Å². The molecule has 1 aromatic carbocycles. The zero-order valence-electron chi connectivity index (χ0n) is 14.5. The van der Waals surface area contributed by atoms with Crippen LogP contribution in [0, 0.1) is 0 Å². The molecule has 144 valence electrons. The van der Waals surface area contributed by atoms with Crippen LogP contribution in [0.4, 0.5) is 17.6 Å². The minimum Gasteiger partial charge on any atom is -0.337 e. The summed E-state index contributed by atoms with van der Waals surface area (Å²) >= 11 is 0. The molecule has 0 radical (unpaired) electrons. The first-order chi connectivity index (χ1) is 12.8.